The molecule has 1 N–H and O–H groups in total. The van der Waals surface area contributed by atoms with Crippen LogP contribution < -0.4 is 5.32 Å². The summed E-state index contributed by atoms with van der Waals surface area (Å²) in [5, 5.41) is 20.0. The summed E-state index contributed by atoms with van der Waals surface area (Å²) < 4.78 is 1.82. The Bertz CT molecular complexity index is 596. The zero-order valence-electron chi connectivity index (χ0n) is 10.4. The van der Waals surface area contributed by atoms with E-state index in [1.54, 1.807) is 13.3 Å². The molecule has 0 saturated heterocycles. The fraction of sp³-hybridized carbons (Fsp3) is 0.364. The summed E-state index contributed by atoms with van der Waals surface area (Å²) >= 11 is 0. The van der Waals surface area contributed by atoms with Gasteiger partial charge in [0.15, 0.2) is 5.82 Å². The Hall–Kier alpha value is -2.49. The summed E-state index contributed by atoms with van der Waals surface area (Å²) in [7, 11) is 1.87. The molecule has 0 aliphatic carbocycles. The van der Waals surface area contributed by atoms with Gasteiger partial charge in [-0.05, 0) is 13.8 Å². The zero-order valence-corrected chi connectivity index (χ0v) is 10.4. The molecule has 0 aromatic carbocycles. The molecule has 7 heteroatoms. The van der Waals surface area contributed by atoms with E-state index in [0.29, 0.717) is 17.2 Å². The molecule has 18 heavy (non-hydrogen) atoms. The first-order chi connectivity index (χ1) is 8.61. The molecule has 0 amide bonds. The Labute approximate surface area is 105 Å². The Kier molecular flexibility index (Phi) is 3.19. The lowest BCUT2D eigenvalue weighted by molar-refractivity contribution is 0.715. The minimum absolute atomic E-state index is 0.0982. The molecule has 2 aromatic heterocycles. The van der Waals surface area contributed by atoms with Gasteiger partial charge in [-0.3, -0.25) is 0 Å². The Morgan fingerprint density at radius 2 is 2.28 bits per heavy atom. The van der Waals surface area contributed by atoms with Gasteiger partial charge >= 0.3 is 0 Å². The van der Waals surface area contributed by atoms with Gasteiger partial charge in [0.2, 0.25) is 0 Å². The highest BCUT2D eigenvalue weighted by molar-refractivity contribution is 5.51. The van der Waals surface area contributed by atoms with Crippen LogP contribution in [-0.2, 0) is 7.05 Å². The maximum Gasteiger partial charge on any atom is 0.154 e. The zero-order chi connectivity index (χ0) is 13.1. The minimum Gasteiger partial charge on any atom is -0.359 e. The van der Waals surface area contributed by atoms with Gasteiger partial charge in [-0.1, -0.05) is 0 Å². The van der Waals surface area contributed by atoms with Crippen molar-refractivity contribution in [2.24, 2.45) is 7.05 Å². The van der Waals surface area contributed by atoms with Gasteiger partial charge in [0, 0.05) is 7.05 Å². The van der Waals surface area contributed by atoms with E-state index in [9.17, 15) is 0 Å². The Balaban J connectivity index is 2.27. The van der Waals surface area contributed by atoms with Crippen LogP contribution >= 0.6 is 0 Å². The highest BCUT2D eigenvalue weighted by atomic mass is 15.3. The topological polar surface area (TPSA) is 92.3 Å². The van der Waals surface area contributed by atoms with Crippen molar-refractivity contribution in [3.8, 4) is 6.07 Å². The molecule has 1 unspecified atom stereocenters. The summed E-state index contributed by atoms with van der Waals surface area (Å²) in [4.78, 5) is 8.21. The highest BCUT2D eigenvalue weighted by Crippen LogP contribution is 2.18. The van der Waals surface area contributed by atoms with Crippen LogP contribution in [0.5, 0.6) is 0 Å². The van der Waals surface area contributed by atoms with Crippen molar-refractivity contribution in [2.45, 2.75) is 19.9 Å². The third-order valence-corrected chi connectivity index (χ3v) is 2.52. The van der Waals surface area contributed by atoms with Crippen molar-refractivity contribution in [3.63, 3.8) is 0 Å². The third-order valence-electron chi connectivity index (χ3n) is 2.52. The second-order valence-corrected chi connectivity index (χ2v) is 3.96. The van der Waals surface area contributed by atoms with E-state index >= 15 is 0 Å². The second kappa shape index (κ2) is 4.79. The fourth-order valence-electron chi connectivity index (χ4n) is 1.62. The van der Waals surface area contributed by atoms with Gasteiger partial charge in [0.25, 0.3) is 0 Å². The summed E-state index contributed by atoms with van der Waals surface area (Å²) in [6, 6.07) is 1.96. The number of hydrogen-bond acceptors (Lipinski definition) is 6. The van der Waals surface area contributed by atoms with E-state index in [4.69, 9.17) is 5.26 Å². The van der Waals surface area contributed by atoms with Crippen molar-refractivity contribution in [1.29, 1.82) is 5.26 Å². The van der Waals surface area contributed by atoms with Crippen LogP contribution in [0.1, 0.15) is 30.2 Å². The van der Waals surface area contributed by atoms with E-state index in [1.165, 1.54) is 6.20 Å². The number of nitriles is 1. The van der Waals surface area contributed by atoms with Crippen molar-refractivity contribution in [1.82, 2.24) is 24.7 Å². The molecular formula is C11H13N7. The summed E-state index contributed by atoms with van der Waals surface area (Å²) in [6.07, 6.45) is 3.14. The van der Waals surface area contributed by atoms with E-state index in [-0.39, 0.29) is 6.04 Å². The van der Waals surface area contributed by atoms with Gasteiger partial charge < -0.3 is 9.88 Å². The fourth-order valence-corrected chi connectivity index (χ4v) is 1.62. The van der Waals surface area contributed by atoms with Crippen LogP contribution in [0.15, 0.2) is 12.5 Å². The summed E-state index contributed by atoms with van der Waals surface area (Å²) in [6.45, 7) is 3.71. The Morgan fingerprint density at radius 1 is 1.50 bits per heavy atom. The van der Waals surface area contributed by atoms with Crippen LogP contribution in [0.4, 0.5) is 5.82 Å². The molecule has 0 bridgehead atoms. The van der Waals surface area contributed by atoms with E-state index in [1.807, 2.05) is 18.5 Å². The van der Waals surface area contributed by atoms with Crippen LogP contribution in [0.2, 0.25) is 0 Å². The SMILES string of the molecule is Cc1ncc(C#N)c(NC(C)c2nncn2C)n1. The normalized spacial score (nSPS) is 11.9. The number of nitrogens with zero attached hydrogens (tertiary/aromatic N) is 6. The van der Waals surface area contributed by atoms with Gasteiger partial charge in [-0.2, -0.15) is 5.26 Å². The molecular weight excluding hydrogens is 230 g/mol. The number of nitrogens with one attached hydrogen (secondary N) is 1. The molecule has 2 rings (SSSR count). The van der Waals surface area contributed by atoms with Gasteiger partial charge in [-0.25, -0.2) is 9.97 Å². The molecule has 0 spiro atoms. The number of aromatic nitrogens is 5. The summed E-state index contributed by atoms with van der Waals surface area (Å²) in [5.41, 5.74) is 0.412. The molecule has 2 aromatic rings. The first-order valence-corrected chi connectivity index (χ1v) is 5.46. The summed E-state index contributed by atoms with van der Waals surface area (Å²) in [5.74, 6) is 1.90. The molecule has 0 aliphatic rings. The predicted octanol–water partition coefficient (Wildman–Crippen LogP) is 0.958. The first kappa shape index (κ1) is 12.0. The van der Waals surface area contributed by atoms with Gasteiger partial charge in [0.05, 0.1) is 12.2 Å². The maximum atomic E-state index is 9.00. The molecule has 0 aliphatic heterocycles. The van der Waals surface area contributed by atoms with Crippen LogP contribution in [-0.4, -0.2) is 24.7 Å². The van der Waals surface area contributed by atoms with Crippen LogP contribution in [0.3, 0.4) is 0 Å². The van der Waals surface area contributed by atoms with E-state index in [0.717, 1.165) is 5.82 Å². The average Bonchev–Trinajstić information content (AvgIpc) is 2.76. The smallest absolute Gasteiger partial charge is 0.154 e. The first-order valence-electron chi connectivity index (χ1n) is 5.46. The molecule has 1 atom stereocenters. The van der Waals surface area contributed by atoms with E-state index in [2.05, 4.69) is 31.6 Å². The minimum atomic E-state index is -0.0982. The Morgan fingerprint density at radius 3 is 2.89 bits per heavy atom. The number of hydrogen-bond donors (Lipinski definition) is 1. The molecule has 92 valence electrons. The molecule has 0 radical (unpaired) electrons. The molecule has 0 fully saturated rings. The molecule has 7 nitrogen and oxygen atoms in total. The van der Waals surface area contributed by atoms with Gasteiger partial charge in [0.1, 0.15) is 29.6 Å². The second-order valence-electron chi connectivity index (χ2n) is 3.96. The average molecular weight is 243 g/mol. The highest BCUT2D eigenvalue weighted by Gasteiger charge is 2.14. The molecule has 2 heterocycles. The van der Waals surface area contributed by atoms with E-state index < -0.39 is 0 Å². The molecule has 0 saturated carbocycles. The van der Waals surface area contributed by atoms with Crippen molar-refractivity contribution < 1.29 is 0 Å². The van der Waals surface area contributed by atoms with Crippen LogP contribution in [0.25, 0.3) is 0 Å². The number of anilines is 1. The largest absolute Gasteiger partial charge is 0.359 e. The van der Waals surface area contributed by atoms with Crippen molar-refractivity contribution in [3.05, 3.63) is 29.7 Å². The quantitative estimate of drug-likeness (QED) is 0.863. The number of rotatable bonds is 3. The van der Waals surface area contributed by atoms with Crippen LogP contribution in [0, 0.1) is 18.3 Å². The third kappa shape index (κ3) is 2.27. The monoisotopic (exact) mass is 243 g/mol. The van der Waals surface area contributed by atoms with Crippen molar-refractivity contribution in [2.75, 3.05) is 5.32 Å². The lowest BCUT2D eigenvalue weighted by atomic mass is 10.2. The van der Waals surface area contributed by atoms with Crippen molar-refractivity contribution >= 4 is 5.82 Å². The maximum absolute atomic E-state index is 9.00. The lowest BCUT2D eigenvalue weighted by Crippen LogP contribution is -2.14. The van der Waals surface area contributed by atoms with Gasteiger partial charge in [-0.15, -0.1) is 10.2 Å². The lowest BCUT2D eigenvalue weighted by Gasteiger charge is -2.14. The standard InChI is InChI=1S/C11H13N7/c1-7(11-17-14-6-18(11)3)15-10-9(4-12)5-13-8(2)16-10/h5-7H,1-3H3,(H,13,15,16). The number of aryl methyl sites for hydroxylation is 2. The predicted molar refractivity (Wildman–Crippen MR) is 64.5 cm³/mol.